The molecular formula is C15H22O5. The first-order chi connectivity index (χ1) is 9.67. The highest BCUT2D eigenvalue weighted by molar-refractivity contribution is 5.84. The number of carbonyl (C=O) groups is 2. The zero-order valence-electron chi connectivity index (χ0n) is 11.7. The van der Waals surface area contributed by atoms with Crippen molar-refractivity contribution in [3.05, 3.63) is 25.3 Å². The Balaban J connectivity index is 2.34. The maximum Gasteiger partial charge on any atom is 0.310 e. The summed E-state index contributed by atoms with van der Waals surface area (Å²) in [4.78, 5) is 23.7. The molecule has 0 spiro atoms. The molecule has 0 saturated carbocycles. The lowest BCUT2D eigenvalue weighted by Gasteiger charge is -2.13. The standard InChI is InChI=1S/C15H22O5/c1-3-5-12(15(17)20-8-4-2)11-13(16)6-7-14-18-9-10-19-14/h3-4,12,14H,1-2,5-11H2. The largest absolute Gasteiger partial charge is 0.461 e. The van der Waals surface area contributed by atoms with E-state index < -0.39 is 5.92 Å². The maximum absolute atomic E-state index is 11.9. The van der Waals surface area contributed by atoms with E-state index in [0.29, 0.717) is 32.5 Å². The number of ether oxygens (including phenoxy) is 3. The fraction of sp³-hybridized carbons (Fsp3) is 0.600. The van der Waals surface area contributed by atoms with E-state index in [-0.39, 0.29) is 31.1 Å². The minimum Gasteiger partial charge on any atom is -0.461 e. The smallest absolute Gasteiger partial charge is 0.310 e. The molecule has 0 radical (unpaired) electrons. The SMILES string of the molecule is C=CCOC(=O)C(CC=C)CC(=O)CCC1OCCO1. The van der Waals surface area contributed by atoms with Gasteiger partial charge in [0, 0.05) is 19.3 Å². The third-order valence-corrected chi connectivity index (χ3v) is 2.95. The monoisotopic (exact) mass is 282 g/mol. The van der Waals surface area contributed by atoms with Crippen LogP contribution in [0.4, 0.5) is 0 Å². The Morgan fingerprint density at radius 1 is 1.25 bits per heavy atom. The lowest BCUT2D eigenvalue weighted by atomic mass is 9.97. The summed E-state index contributed by atoms with van der Waals surface area (Å²) in [7, 11) is 0. The summed E-state index contributed by atoms with van der Waals surface area (Å²) in [5.74, 6) is -0.844. The van der Waals surface area contributed by atoms with Crippen LogP contribution in [0.1, 0.15) is 25.7 Å². The van der Waals surface area contributed by atoms with Gasteiger partial charge in [0.1, 0.15) is 12.4 Å². The summed E-state index contributed by atoms with van der Waals surface area (Å²) < 4.78 is 15.5. The van der Waals surface area contributed by atoms with E-state index in [1.165, 1.54) is 6.08 Å². The number of rotatable bonds is 10. The molecule has 5 nitrogen and oxygen atoms in total. The minimum atomic E-state index is -0.467. The van der Waals surface area contributed by atoms with Crippen LogP contribution in [0.15, 0.2) is 25.3 Å². The highest BCUT2D eigenvalue weighted by Crippen LogP contribution is 2.16. The second kappa shape index (κ2) is 9.44. The third kappa shape index (κ3) is 6.12. The van der Waals surface area contributed by atoms with Crippen molar-refractivity contribution in [2.75, 3.05) is 19.8 Å². The summed E-state index contributed by atoms with van der Waals surface area (Å²) in [5.41, 5.74) is 0. The molecule has 1 aliphatic heterocycles. The number of ketones is 1. The van der Waals surface area contributed by atoms with Crippen molar-refractivity contribution in [2.24, 2.45) is 5.92 Å². The average Bonchev–Trinajstić information content (AvgIpc) is 2.95. The first-order valence-corrected chi connectivity index (χ1v) is 6.80. The molecule has 112 valence electrons. The zero-order valence-corrected chi connectivity index (χ0v) is 11.7. The molecule has 0 bridgehead atoms. The van der Waals surface area contributed by atoms with Crippen LogP contribution in [0.2, 0.25) is 0 Å². The fourth-order valence-electron chi connectivity index (χ4n) is 1.95. The van der Waals surface area contributed by atoms with Gasteiger partial charge in [-0.1, -0.05) is 18.7 Å². The fourth-order valence-corrected chi connectivity index (χ4v) is 1.95. The molecule has 0 amide bonds. The van der Waals surface area contributed by atoms with Crippen LogP contribution in [0.25, 0.3) is 0 Å². The molecule has 1 rings (SSSR count). The van der Waals surface area contributed by atoms with Crippen LogP contribution < -0.4 is 0 Å². The molecule has 20 heavy (non-hydrogen) atoms. The first-order valence-electron chi connectivity index (χ1n) is 6.80. The normalized spacial score (nSPS) is 16.6. The topological polar surface area (TPSA) is 61.8 Å². The number of Topliss-reactive ketones (excluding diaryl/α,β-unsaturated/α-hetero) is 1. The van der Waals surface area contributed by atoms with Gasteiger partial charge in [0.25, 0.3) is 0 Å². The van der Waals surface area contributed by atoms with Crippen molar-refractivity contribution in [3.63, 3.8) is 0 Å². The predicted octanol–water partition coefficient (Wildman–Crippen LogP) is 2.02. The first kappa shape index (κ1) is 16.6. The molecule has 1 heterocycles. The van der Waals surface area contributed by atoms with Crippen molar-refractivity contribution >= 4 is 11.8 Å². The van der Waals surface area contributed by atoms with Crippen LogP contribution in [0.3, 0.4) is 0 Å². The molecule has 0 aromatic heterocycles. The lowest BCUT2D eigenvalue weighted by Crippen LogP contribution is -2.21. The third-order valence-electron chi connectivity index (χ3n) is 2.95. The van der Waals surface area contributed by atoms with Gasteiger partial charge in [-0.15, -0.1) is 6.58 Å². The lowest BCUT2D eigenvalue weighted by molar-refractivity contribution is -0.148. The molecule has 0 aromatic carbocycles. The summed E-state index contributed by atoms with van der Waals surface area (Å²) in [6.07, 6.45) is 4.29. The van der Waals surface area contributed by atoms with Crippen molar-refractivity contribution in [1.29, 1.82) is 0 Å². The average molecular weight is 282 g/mol. The van der Waals surface area contributed by atoms with Gasteiger partial charge < -0.3 is 14.2 Å². The number of allylic oxidation sites excluding steroid dienone is 1. The van der Waals surface area contributed by atoms with Crippen LogP contribution >= 0.6 is 0 Å². The molecule has 0 N–H and O–H groups in total. The molecule has 1 aliphatic rings. The summed E-state index contributed by atoms with van der Waals surface area (Å²) in [6.45, 7) is 8.39. The number of carbonyl (C=O) groups excluding carboxylic acids is 2. The number of esters is 1. The highest BCUT2D eigenvalue weighted by Gasteiger charge is 2.23. The van der Waals surface area contributed by atoms with Gasteiger partial charge in [-0.3, -0.25) is 9.59 Å². The van der Waals surface area contributed by atoms with Crippen molar-refractivity contribution in [1.82, 2.24) is 0 Å². The van der Waals surface area contributed by atoms with E-state index in [2.05, 4.69) is 13.2 Å². The maximum atomic E-state index is 11.9. The van der Waals surface area contributed by atoms with E-state index in [9.17, 15) is 9.59 Å². The molecule has 0 aromatic rings. The van der Waals surface area contributed by atoms with Crippen LogP contribution in [0.5, 0.6) is 0 Å². The molecule has 1 fully saturated rings. The molecule has 5 heteroatoms. The van der Waals surface area contributed by atoms with E-state index in [1.807, 2.05) is 0 Å². The Kier molecular flexibility index (Phi) is 7.84. The summed E-state index contributed by atoms with van der Waals surface area (Å²) >= 11 is 0. The predicted molar refractivity (Wildman–Crippen MR) is 74.0 cm³/mol. The molecular weight excluding hydrogens is 260 g/mol. The van der Waals surface area contributed by atoms with Crippen molar-refractivity contribution in [2.45, 2.75) is 32.0 Å². The van der Waals surface area contributed by atoms with Crippen LogP contribution in [-0.4, -0.2) is 37.9 Å². The highest BCUT2D eigenvalue weighted by atomic mass is 16.7. The van der Waals surface area contributed by atoms with E-state index in [1.54, 1.807) is 6.08 Å². The van der Waals surface area contributed by atoms with Gasteiger partial charge in [-0.2, -0.15) is 0 Å². The Labute approximate surface area is 119 Å². The minimum absolute atomic E-state index is 0.00602. The molecule has 1 atom stereocenters. The zero-order chi connectivity index (χ0) is 14.8. The van der Waals surface area contributed by atoms with Gasteiger partial charge in [-0.05, 0) is 6.42 Å². The summed E-state index contributed by atoms with van der Waals surface area (Å²) in [6, 6.07) is 0. The van der Waals surface area contributed by atoms with Crippen LogP contribution in [-0.2, 0) is 23.8 Å². The molecule has 1 unspecified atom stereocenters. The Morgan fingerprint density at radius 3 is 2.55 bits per heavy atom. The number of hydrogen-bond donors (Lipinski definition) is 0. The second-order valence-electron chi connectivity index (χ2n) is 4.59. The summed E-state index contributed by atoms with van der Waals surface area (Å²) in [5, 5.41) is 0. The van der Waals surface area contributed by atoms with E-state index in [0.717, 1.165) is 0 Å². The van der Waals surface area contributed by atoms with Gasteiger partial charge in [-0.25, -0.2) is 0 Å². The van der Waals surface area contributed by atoms with Gasteiger partial charge in [0.05, 0.1) is 19.1 Å². The Morgan fingerprint density at radius 2 is 1.95 bits per heavy atom. The quantitative estimate of drug-likeness (QED) is 0.453. The van der Waals surface area contributed by atoms with Crippen molar-refractivity contribution < 1.29 is 23.8 Å². The second-order valence-corrected chi connectivity index (χ2v) is 4.59. The van der Waals surface area contributed by atoms with Gasteiger partial charge in [0.15, 0.2) is 6.29 Å². The molecule has 0 aliphatic carbocycles. The number of hydrogen-bond acceptors (Lipinski definition) is 5. The van der Waals surface area contributed by atoms with E-state index in [4.69, 9.17) is 14.2 Å². The van der Waals surface area contributed by atoms with Gasteiger partial charge in [0.2, 0.25) is 0 Å². The Hall–Kier alpha value is -1.46. The van der Waals surface area contributed by atoms with Crippen LogP contribution in [0, 0.1) is 5.92 Å². The molecule has 1 saturated heterocycles. The Bertz CT molecular complexity index is 344. The van der Waals surface area contributed by atoms with E-state index >= 15 is 0 Å². The van der Waals surface area contributed by atoms with Gasteiger partial charge >= 0.3 is 5.97 Å². The van der Waals surface area contributed by atoms with Crippen molar-refractivity contribution in [3.8, 4) is 0 Å².